The molecule has 1 fully saturated rings. The number of unbranched alkanes of at least 4 members (excludes halogenated alkanes) is 3. The number of carbonyl (C=O) groups is 1. The highest BCUT2D eigenvalue weighted by Gasteiger charge is 2.39. The molecule has 0 aliphatic heterocycles. The molecule has 1 amide bonds. The number of ether oxygens (including phenoxy) is 1. The van der Waals surface area contributed by atoms with E-state index in [-0.39, 0.29) is 24.4 Å². The minimum atomic E-state index is -3.61. The number of amides is 1. The highest BCUT2D eigenvalue weighted by molar-refractivity contribution is 7.89. The molecular formula is C23H41NO7S. The van der Waals surface area contributed by atoms with E-state index in [0.29, 0.717) is 19.3 Å². The van der Waals surface area contributed by atoms with Gasteiger partial charge < -0.3 is 20.1 Å². The van der Waals surface area contributed by atoms with Gasteiger partial charge in [0.2, 0.25) is 10.0 Å². The molecule has 1 aliphatic rings. The summed E-state index contributed by atoms with van der Waals surface area (Å²) in [5.41, 5.74) is 0. The number of aliphatic hydroxyl groups is 3. The molecule has 0 spiro atoms. The Morgan fingerprint density at radius 3 is 2.56 bits per heavy atom. The minimum absolute atomic E-state index is 0.0985. The van der Waals surface area contributed by atoms with Crippen molar-refractivity contribution in [3.05, 3.63) is 24.3 Å². The molecule has 1 saturated carbocycles. The Hall–Kier alpha value is -1.42. The second kappa shape index (κ2) is 14.7. The summed E-state index contributed by atoms with van der Waals surface area (Å²) < 4.78 is 28.3. The van der Waals surface area contributed by atoms with Crippen molar-refractivity contribution in [3.63, 3.8) is 0 Å². The van der Waals surface area contributed by atoms with Gasteiger partial charge in [0.25, 0.3) is 0 Å². The van der Waals surface area contributed by atoms with Gasteiger partial charge in [0.15, 0.2) is 0 Å². The molecular weight excluding hydrogens is 434 g/mol. The Balaban J connectivity index is 2.38. The van der Waals surface area contributed by atoms with Crippen molar-refractivity contribution in [2.75, 3.05) is 12.9 Å². The number of aliphatic hydroxyl groups excluding tert-OH is 3. The third kappa shape index (κ3) is 11.4. The fourth-order valence-corrected chi connectivity index (χ4v) is 4.28. The molecule has 1 aliphatic carbocycles. The van der Waals surface area contributed by atoms with E-state index in [0.717, 1.165) is 38.4 Å². The van der Waals surface area contributed by atoms with Gasteiger partial charge in [-0.2, -0.15) is 0 Å². The van der Waals surface area contributed by atoms with Crippen LogP contribution < -0.4 is 4.72 Å². The predicted octanol–water partition coefficient (Wildman–Crippen LogP) is 2.89. The quantitative estimate of drug-likeness (QED) is 0.224. The molecule has 0 saturated heterocycles. The molecule has 0 heterocycles. The van der Waals surface area contributed by atoms with E-state index in [1.165, 1.54) is 0 Å². The lowest BCUT2D eigenvalue weighted by atomic mass is 9.88. The van der Waals surface area contributed by atoms with Crippen LogP contribution in [0, 0.1) is 17.8 Å². The van der Waals surface area contributed by atoms with Crippen LogP contribution in [-0.2, 0) is 14.8 Å². The Bertz CT molecular complexity index is 707. The highest BCUT2D eigenvalue weighted by Crippen LogP contribution is 2.36. The van der Waals surface area contributed by atoms with Crippen molar-refractivity contribution in [2.45, 2.75) is 83.5 Å². The van der Waals surface area contributed by atoms with Gasteiger partial charge in [0, 0.05) is 12.3 Å². The Labute approximate surface area is 192 Å². The number of carbonyl (C=O) groups excluding carboxylic acids is 1. The summed E-state index contributed by atoms with van der Waals surface area (Å²) in [6, 6.07) is 0. The zero-order valence-electron chi connectivity index (χ0n) is 19.5. The topological polar surface area (TPSA) is 133 Å². The second-order valence-electron chi connectivity index (χ2n) is 8.82. The van der Waals surface area contributed by atoms with E-state index in [2.05, 4.69) is 6.92 Å². The van der Waals surface area contributed by atoms with E-state index in [4.69, 9.17) is 4.74 Å². The second-order valence-corrected chi connectivity index (χ2v) is 10.6. The van der Waals surface area contributed by atoms with Crippen LogP contribution in [0.3, 0.4) is 0 Å². The average molecular weight is 476 g/mol. The zero-order valence-corrected chi connectivity index (χ0v) is 20.3. The molecule has 0 radical (unpaired) electrons. The molecule has 0 bridgehead atoms. The first-order valence-corrected chi connectivity index (χ1v) is 13.5. The third-order valence-electron chi connectivity index (χ3n) is 5.88. The molecule has 0 aromatic heterocycles. The normalized spacial score (nSPS) is 25.9. The number of nitrogens with one attached hydrogen (secondary N) is 1. The molecule has 8 nitrogen and oxygen atoms in total. The molecule has 6 atom stereocenters. The average Bonchev–Trinajstić information content (AvgIpc) is 2.97. The standard InChI is InChI=1S/C23H41NO7S/c1-4-5-11-17(2)20(25)14-13-19-18(21(26)16-22(19)27)12-9-7-6-8-10-15-31-23(28)24-32(3,29)30/h7,9,13-14,17-22,25-27H,4-6,8,10-12,15-16H2,1-3H3,(H,24,28)/t17?,18-,19-,20-,21+,22-/m1/s1. The molecule has 0 aromatic rings. The lowest BCUT2D eigenvalue weighted by Gasteiger charge is -2.21. The van der Waals surface area contributed by atoms with Crippen molar-refractivity contribution < 1.29 is 33.3 Å². The van der Waals surface area contributed by atoms with Gasteiger partial charge in [-0.3, -0.25) is 0 Å². The first-order valence-electron chi connectivity index (χ1n) is 11.6. The summed E-state index contributed by atoms with van der Waals surface area (Å²) in [5, 5.41) is 31.0. The van der Waals surface area contributed by atoms with Crippen LogP contribution in [-0.4, -0.2) is 61.0 Å². The SMILES string of the molecule is CCCCC(C)[C@H](O)C=C[C@@H]1[C@@H](CC=CCCCCOC(=O)NS(C)(=O)=O)[C@@H](O)C[C@H]1O. The van der Waals surface area contributed by atoms with Crippen LogP contribution in [0.2, 0.25) is 0 Å². The molecule has 32 heavy (non-hydrogen) atoms. The van der Waals surface area contributed by atoms with Crippen LogP contribution >= 0.6 is 0 Å². The van der Waals surface area contributed by atoms with Gasteiger partial charge in [-0.1, -0.05) is 51.0 Å². The van der Waals surface area contributed by atoms with Crippen molar-refractivity contribution in [1.29, 1.82) is 0 Å². The number of hydrogen-bond acceptors (Lipinski definition) is 7. The highest BCUT2D eigenvalue weighted by atomic mass is 32.2. The summed E-state index contributed by atoms with van der Waals surface area (Å²) in [6.45, 7) is 4.28. The van der Waals surface area contributed by atoms with E-state index in [9.17, 15) is 28.5 Å². The van der Waals surface area contributed by atoms with Gasteiger partial charge in [0.05, 0.1) is 31.2 Å². The maximum Gasteiger partial charge on any atom is 0.420 e. The minimum Gasteiger partial charge on any atom is -0.449 e. The Kier molecular flexibility index (Phi) is 13.1. The predicted molar refractivity (Wildman–Crippen MR) is 124 cm³/mol. The number of allylic oxidation sites excluding steroid dienone is 2. The molecule has 4 N–H and O–H groups in total. The number of rotatable bonds is 14. The maximum absolute atomic E-state index is 11.2. The first kappa shape index (κ1) is 28.6. The first-order chi connectivity index (χ1) is 15.0. The van der Waals surface area contributed by atoms with E-state index in [1.54, 1.807) is 10.8 Å². The lowest BCUT2D eigenvalue weighted by molar-refractivity contribution is 0.120. The smallest absolute Gasteiger partial charge is 0.420 e. The summed E-state index contributed by atoms with van der Waals surface area (Å²) in [7, 11) is -3.61. The maximum atomic E-state index is 11.2. The van der Waals surface area contributed by atoms with E-state index < -0.39 is 34.4 Å². The van der Waals surface area contributed by atoms with Gasteiger partial charge in [-0.15, -0.1) is 0 Å². The largest absolute Gasteiger partial charge is 0.449 e. The van der Waals surface area contributed by atoms with Crippen LogP contribution in [0.4, 0.5) is 4.79 Å². The number of hydrogen-bond donors (Lipinski definition) is 4. The van der Waals surface area contributed by atoms with Crippen LogP contribution in [0.5, 0.6) is 0 Å². The van der Waals surface area contributed by atoms with Crippen molar-refractivity contribution in [2.24, 2.45) is 17.8 Å². The fourth-order valence-electron chi connectivity index (χ4n) is 3.92. The summed E-state index contributed by atoms with van der Waals surface area (Å²) in [5.74, 6) is -0.127. The zero-order chi connectivity index (χ0) is 24.1. The van der Waals surface area contributed by atoms with Crippen molar-refractivity contribution in [3.8, 4) is 0 Å². The summed E-state index contributed by atoms with van der Waals surface area (Å²) in [4.78, 5) is 11.2. The Morgan fingerprint density at radius 1 is 1.19 bits per heavy atom. The third-order valence-corrected chi connectivity index (χ3v) is 6.42. The van der Waals surface area contributed by atoms with Crippen molar-refractivity contribution >= 4 is 16.1 Å². The van der Waals surface area contributed by atoms with Gasteiger partial charge >= 0.3 is 6.09 Å². The lowest BCUT2D eigenvalue weighted by Crippen LogP contribution is -2.30. The number of sulfonamides is 1. The fraction of sp³-hybridized carbons (Fsp3) is 0.783. The Morgan fingerprint density at radius 2 is 1.91 bits per heavy atom. The molecule has 186 valence electrons. The van der Waals surface area contributed by atoms with Crippen LogP contribution in [0.15, 0.2) is 24.3 Å². The van der Waals surface area contributed by atoms with Gasteiger partial charge in [0.1, 0.15) is 0 Å². The van der Waals surface area contributed by atoms with Gasteiger partial charge in [-0.05, 0) is 43.9 Å². The molecule has 0 aromatic carbocycles. The van der Waals surface area contributed by atoms with Crippen LogP contribution in [0.25, 0.3) is 0 Å². The van der Waals surface area contributed by atoms with E-state index >= 15 is 0 Å². The molecule has 1 rings (SSSR count). The summed E-state index contributed by atoms with van der Waals surface area (Å²) >= 11 is 0. The molecule has 1 unspecified atom stereocenters. The van der Waals surface area contributed by atoms with Gasteiger partial charge in [-0.25, -0.2) is 17.9 Å². The van der Waals surface area contributed by atoms with Crippen molar-refractivity contribution in [1.82, 2.24) is 4.72 Å². The van der Waals surface area contributed by atoms with E-state index in [1.807, 2.05) is 25.2 Å². The monoisotopic (exact) mass is 475 g/mol. The van der Waals surface area contributed by atoms with Crippen LogP contribution in [0.1, 0.15) is 65.2 Å². The summed E-state index contributed by atoms with van der Waals surface area (Å²) in [6.07, 6.45) is 12.0. The molecule has 9 heteroatoms.